The number of benzene rings is 2. The molecule has 1 fully saturated rings. The minimum absolute atomic E-state index is 0.278. The fourth-order valence-electron chi connectivity index (χ4n) is 4.65. The zero-order chi connectivity index (χ0) is 24.5. The van der Waals surface area contributed by atoms with E-state index >= 15 is 0 Å². The lowest BCUT2D eigenvalue weighted by atomic mass is 10.1. The zero-order valence-corrected chi connectivity index (χ0v) is 19.7. The van der Waals surface area contributed by atoms with E-state index in [1.807, 2.05) is 28.8 Å². The van der Waals surface area contributed by atoms with E-state index in [-0.39, 0.29) is 5.82 Å². The van der Waals surface area contributed by atoms with Gasteiger partial charge in [-0.3, -0.25) is 9.47 Å². The Kier molecular flexibility index (Phi) is 5.88. The second-order valence-electron chi connectivity index (χ2n) is 8.95. The van der Waals surface area contributed by atoms with E-state index in [9.17, 15) is 4.39 Å². The summed E-state index contributed by atoms with van der Waals surface area (Å²) in [5, 5.41) is 3.40. The molecular formula is C28H26FN7. The predicted molar refractivity (Wildman–Crippen MR) is 140 cm³/mol. The van der Waals surface area contributed by atoms with Gasteiger partial charge >= 0.3 is 0 Å². The molecule has 0 atom stereocenters. The molecule has 0 radical (unpaired) electrons. The number of hydrogen-bond donors (Lipinski definition) is 2. The molecule has 1 saturated heterocycles. The number of fused-ring (bicyclic) bond motifs is 1. The largest absolute Gasteiger partial charge is 0.383 e. The maximum Gasteiger partial charge on any atom is 0.165 e. The van der Waals surface area contributed by atoms with Crippen molar-refractivity contribution in [3.63, 3.8) is 0 Å². The van der Waals surface area contributed by atoms with Gasteiger partial charge in [0, 0.05) is 50.2 Å². The molecule has 0 saturated carbocycles. The van der Waals surface area contributed by atoms with Gasteiger partial charge in [-0.25, -0.2) is 19.3 Å². The predicted octanol–water partition coefficient (Wildman–Crippen LogP) is 4.28. The molecule has 0 unspecified atom stereocenters. The van der Waals surface area contributed by atoms with E-state index < -0.39 is 0 Å². The summed E-state index contributed by atoms with van der Waals surface area (Å²) in [5.41, 5.74) is 12.2. The number of imidazole rings is 1. The number of hydrogen-bond acceptors (Lipinski definition) is 6. The van der Waals surface area contributed by atoms with Crippen molar-refractivity contribution in [2.45, 2.75) is 6.54 Å². The molecule has 7 nitrogen and oxygen atoms in total. The van der Waals surface area contributed by atoms with Crippen molar-refractivity contribution >= 4 is 17.0 Å². The van der Waals surface area contributed by atoms with Crippen LogP contribution in [-0.2, 0) is 6.54 Å². The van der Waals surface area contributed by atoms with E-state index in [4.69, 9.17) is 15.7 Å². The molecule has 1 aliphatic heterocycles. The van der Waals surface area contributed by atoms with Gasteiger partial charge in [-0.15, -0.1) is 0 Å². The van der Waals surface area contributed by atoms with Crippen LogP contribution in [0.4, 0.5) is 10.2 Å². The Morgan fingerprint density at radius 1 is 0.889 bits per heavy atom. The first-order chi connectivity index (χ1) is 17.7. The van der Waals surface area contributed by atoms with Crippen molar-refractivity contribution in [3.05, 3.63) is 90.4 Å². The SMILES string of the molecule is Nc1ncccc1-c1nc2ccc(-c3ccc(F)cc3)nc2n1-c1ccc(CN2CCNCC2)cc1. The van der Waals surface area contributed by atoms with Crippen LogP contribution in [0.2, 0.25) is 0 Å². The third-order valence-corrected chi connectivity index (χ3v) is 6.53. The molecule has 2 aromatic carbocycles. The molecule has 180 valence electrons. The van der Waals surface area contributed by atoms with Crippen molar-refractivity contribution in [3.8, 4) is 28.3 Å². The third-order valence-electron chi connectivity index (χ3n) is 6.53. The van der Waals surface area contributed by atoms with Crippen LogP contribution in [0.5, 0.6) is 0 Å². The summed E-state index contributed by atoms with van der Waals surface area (Å²) < 4.78 is 15.5. The number of pyridine rings is 2. The quantitative estimate of drug-likeness (QED) is 0.392. The van der Waals surface area contributed by atoms with Gasteiger partial charge in [-0.2, -0.15) is 0 Å². The van der Waals surface area contributed by atoms with E-state index in [1.165, 1.54) is 17.7 Å². The molecule has 3 N–H and O–H groups in total. The molecule has 8 heteroatoms. The van der Waals surface area contributed by atoms with Crippen LogP contribution >= 0.6 is 0 Å². The van der Waals surface area contributed by atoms with Gasteiger partial charge in [-0.1, -0.05) is 12.1 Å². The summed E-state index contributed by atoms with van der Waals surface area (Å²) in [4.78, 5) is 16.6. The normalized spacial score (nSPS) is 14.4. The fraction of sp³-hybridized carbons (Fsp3) is 0.179. The van der Waals surface area contributed by atoms with Crippen LogP contribution < -0.4 is 11.1 Å². The van der Waals surface area contributed by atoms with E-state index in [0.29, 0.717) is 17.3 Å². The van der Waals surface area contributed by atoms with Gasteiger partial charge in [0.25, 0.3) is 0 Å². The molecule has 36 heavy (non-hydrogen) atoms. The lowest BCUT2D eigenvalue weighted by Gasteiger charge is -2.27. The molecular weight excluding hydrogens is 453 g/mol. The number of nitrogens with zero attached hydrogens (tertiary/aromatic N) is 5. The van der Waals surface area contributed by atoms with Crippen LogP contribution in [0, 0.1) is 5.82 Å². The highest BCUT2D eigenvalue weighted by atomic mass is 19.1. The highest BCUT2D eigenvalue weighted by Gasteiger charge is 2.19. The minimum atomic E-state index is -0.278. The lowest BCUT2D eigenvalue weighted by Crippen LogP contribution is -2.42. The fourth-order valence-corrected chi connectivity index (χ4v) is 4.65. The Morgan fingerprint density at radius 2 is 1.67 bits per heavy atom. The Hall–Kier alpha value is -4.14. The average molecular weight is 480 g/mol. The second kappa shape index (κ2) is 9.49. The zero-order valence-electron chi connectivity index (χ0n) is 19.7. The van der Waals surface area contributed by atoms with E-state index in [1.54, 1.807) is 18.3 Å². The average Bonchev–Trinajstić information content (AvgIpc) is 3.29. The molecule has 0 spiro atoms. The van der Waals surface area contributed by atoms with Crippen LogP contribution in [0.1, 0.15) is 5.56 Å². The standard InChI is InChI=1S/C28H26FN7/c29-21-7-5-20(6-8-21)24-11-12-25-28(33-24)36(27(34-25)23-2-1-13-32-26(23)30)22-9-3-19(4-10-22)18-35-16-14-31-15-17-35/h1-13,31H,14-18H2,(H2,30,32). The number of halogens is 1. The highest BCUT2D eigenvalue weighted by Crippen LogP contribution is 2.31. The van der Waals surface area contributed by atoms with Crippen LogP contribution in [0.15, 0.2) is 79.0 Å². The summed E-state index contributed by atoms with van der Waals surface area (Å²) in [5.74, 6) is 0.803. The van der Waals surface area contributed by atoms with Gasteiger partial charge in [0.05, 0.1) is 11.3 Å². The number of aromatic nitrogens is 4. The van der Waals surface area contributed by atoms with Crippen molar-refractivity contribution in [1.82, 2.24) is 29.7 Å². The van der Waals surface area contributed by atoms with Gasteiger partial charge in [-0.05, 0) is 66.2 Å². The van der Waals surface area contributed by atoms with E-state index in [2.05, 4.69) is 39.5 Å². The minimum Gasteiger partial charge on any atom is -0.383 e. The topological polar surface area (TPSA) is 84.9 Å². The number of anilines is 1. The molecule has 3 aromatic heterocycles. The summed E-state index contributed by atoms with van der Waals surface area (Å²) in [6, 6.07) is 22.5. The molecule has 0 aliphatic carbocycles. The van der Waals surface area contributed by atoms with Crippen LogP contribution in [0.25, 0.3) is 39.5 Å². The number of nitrogens with two attached hydrogens (primary N) is 1. The second-order valence-corrected chi connectivity index (χ2v) is 8.95. The third kappa shape index (κ3) is 4.32. The molecule has 0 bridgehead atoms. The van der Waals surface area contributed by atoms with Crippen molar-refractivity contribution in [2.24, 2.45) is 0 Å². The molecule has 5 aromatic rings. The van der Waals surface area contributed by atoms with Gasteiger partial charge in [0.1, 0.15) is 17.2 Å². The smallest absolute Gasteiger partial charge is 0.165 e. The molecule has 0 amide bonds. The lowest BCUT2D eigenvalue weighted by molar-refractivity contribution is 0.233. The monoisotopic (exact) mass is 479 g/mol. The van der Waals surface area contributed by atoms with Crippen LogP contribution in [-0.4, -0.2) is 50.6 Å². The van der Waals surface area contributed by atoms with Crippen LogP contribution in [0.3, 0.4) is 0 Å². The van der Waals surface area contributed by atoms with Crippen molar-refractivity contribution in [2.75, 3.05) is 31.9 Å². The van der Waals surface area contributed by atoms with Crippen molar-refractivity contribution < 1.29 is 4.39 Å². The summed E-state index contributed by atoms with van der Waals surface area (Å²) in [6.07, 6.45) is 1.67. The Balaban J connectivity index is 1.46. The first kappa shape index (κ1) is 22.3. The number of nitrogen functional groups attached to an aromatic ring is 1. The van der Waals surface area contributed by atoms with Crippen molar-refractivity contribution in [1.29, 1.82) is 0 Å². The first-order valence-corrected chi connectivity index (χ1v) is 12.0. The highest BCUT2D eigenvalue weighted by molar-refractivity contribution is 5.84. The maximum absolute atomic E-state index is 13.5. The first-order valence-electron chi connectivity index (χ1n) is 12.0. The summed E-state index contributed by atoms with van der Waals surface area (Å²) in [6.45, 7) is 5.07. The molecule has 1 aliphatic rings. The number of piperazine rings is 1. The van der Waals surface area contributed by atoms with E-state index in [0.717, 1.165) is 60.7 Å². The summed E-state index contributed by atoms with van der Waals surface area (Å²) in [7, 11) is 0. The van der Waals surface area contributed by atoms with Gasteiger partial charge in [0.2, 0.25) is 0 Å². The maximum atomic E-state index is 13.5. The Bertz CT molecular complexity index is 1500. The van der Waals surface area contributed by atoms with Gasteiger partial charge in [0.15, 0.2) is 11.5 Å². The Labute approximate surface area is 208 Å². The molecule has 6 rings (SSSR count). The number of rotatable bonds is 5. The van der Waals surface area contributed by atoms with Gasteiger partial charge < -0.3 is 11.1 Å². The number of nitrogens with one attached hydrogen (secondary N) is 1. The Morgan fingerprint density at radius 3 is 2.42 bits per heavy atom. The molecule has 4 heterocycles. The summed E-state index contributed by atoms with van der Waals surface area (Å²) >= 11 is 0.